The molecule has 11 nitrogen and oxygen atoms in total. The summed E-state index contributed by atoms with van der Waals surface area (Å²) < 4.78 is 16.7. The van der Waals surface area contributed by atoms with Crippen LogP contribution in [-0.2, 0) is 22.7 Å². The molecule has 0 bridgehead atoms. The zero-order valence-electron chi connectivity index (χ0n) is 19.4. The highest BCUT2D eigenvalue weighted by atomic mass is 35.5. The van der Waals surface area contributed by atoms with Crippen molar-refractivity contribution in [3.05, 3.63) is 92.4 Å². The lowest BCUT2D eigenvalue weighted by Gasteiger charge is -2.25. The van der Waals surface area contributed by atoms with E-state index < -0.39 is 22.8 Å². The van der Waals surface area contributed by atoms with Crippen LogP contribution in [0.5, 0.6) is 11.5 Å². The minimum absolute atomic E-state index is 0.0212. The van der Waals surface area contributed by atoms with Crippen LogP contribution in [0.15, 0.2) is 64.8 Å². The van der Waals surface area contributed by atoms with E-state index >= 15 is 0 Å². The van der Waals surface area contributed by atoms with Crippen molar-refractivity contribution in [1.82, 2.24) is 10.2 Å². The second-order valence-corrected chi connectivity index (χ2v) is 8.17. The van der Waals surface area contributed by atoms with Gasteiger partial charge in [-0.15, -0.1) is 0 Å². The molecule has 4 amide bonds. The summed E-state index contributed by atoms with van der Waals surface area (Å²) in [5.74, 6) is -0.870. The molecule has 190 valence electrons. The molecule has 1 aliphatic rings. The summed E-state index contributed by atoms with van der Waals surface area (Å²) in [6, 6.07) is 11.3. The third-order valence-electron chi connectivity index (χ3n) is 5.23. The lowest BCUT2D eigenvalue weighted by atomic mass is 10.1. The number of urea groups is 1. The van der Waals surface area contributed by atoms with Crippen LogP contribution in [0.3, 0.4) is 0 Å². The fourth-order valence-corrected chi connectivity index (χ4v) is 3.83. The van der Waals surface area contributed by atoms with E-state index in [1.807, 2.05) is 0 Å². The van der Waals surface area contributed by atoms with Crippen LogP contribution in [0.4, 0.5) is 10.5 Å². The van der Waals surface area contributed by atoms with E-state index in [9.17, 15) is 24.5 Å². The van der Waals surface area contributed by atoms with Gasteiger partial charge in [-0.25, -0.2) is 4.79 Å². The molecule has 4 rings (SSSR count). The lowest BCUT2D eigenvalue weighted by Crippen LogP contribution is -2.53. The van der Waals surface area contributed by atoms with Gasteiger partial charge >= 0.3 is 6.03 Å². The van der Waals surface area contributed by atoms with Crippen molar-refractivity contribution in [1.29, 1.82) is 0 Å². The van der Waals surface area contributed by atoms with Crippen molar-refractivity contribution in [3.63, 3.8) is 0 Å². The van der Waals surface area contributed by atoms with Gasteiger partial charge in [0.25, 0.3) is 17.5 Å². The Labute approximate surface area is 215 Å². The summed E-state index contributed by atoms with van der Waals surface area (Å²) in [7, 11) is 0. The number of nitrogens with zero attached hydrogens (tertiary/aromatic N) is 2. The van der Waals surface area contributed by atoms with Gasteiger partial charge in [0.05, 0.1) is 29.4 Å². The minimum atomic E-state index is -0.860. The predicted octanol–water partition coefficient (Wildman–Crippen LogP) is 4.48. The molecule has 2 heterocycles. The number of non-ortho nitro benzene ring substituents is 1. The highest BCUT2D eigenvalue weighted by Crippen LogP contribution is 2.38. The SMILES string of the molecule is CCOc1cc(/C=C2\C(=O)NC(=O)N(Cc3ccco3)C2=O)cc(Cl)c1OCc1cccc([N+](=O)[O-])c1. The molecular weight excluding hydrogens is 506 g/mol. The smallest absolute Gasteiger partial charge is 0.331 e. The van der Waals surface area contributed by atoms with E-state index in [0.717, 1.165) is 4.90 Å². The molecular formula is C25H20ClN3O8. The number of carbonyl (C=O) groups excluding carboxylic acids is 3. The average molecular weight is 526 g/mol. The van der Waals surface area contributed by atoms with E-state index in [4.69, 9.17) is 25.5 Å². The maximum absolute atomic E-state index is 13.0. The Morgan fingerprint density at radius 3 is 2.65 bits per heavy atom. The minimum Gasteiger partial charge on any atom is -0.490 e. The van der Waals surface area contributed by atoms with Crippen molar-refractivity contribution in [2.45, 2.75) is 20.1 Å². The number of hydrogen-bond donors (Lipinski definition) is 1. The number of ether oxygens (including phenoxy) is 2. The molecule has 0 unspecified atom stereocenters. The molecule has 3 aromatic rings. The number of furan rings is 1. The predicted molar refractivity (Wildman–Crippen MR) is 131 cm³/mol. The van der Waals surface area contributed by atoms with E-state index in [1.165, 1.54) is 36.6 Å². The number of nitro benzene ring substituents is 1. The normalized spacial score (nSPS) is 14.6. The Bertz CT molecular complexity index is 1400. The number of carbonyl (C=O) groups is 3. The summed E-state index contributed by atoms with van der Waals surface area (Å²) >= 11 is 6.45. The number of barbiturate groups is 1. The Morgan fingerprint density at radius 1 is 1.14 bits per heavy atom. The van der Waals surface area contributed by atoms with Crippen LogP contribution >= 0.6 is 11.6 Å². The van der Waals surface area contributed by atoms with Crippen molar-refractivity contribution in [2.75, 3.05) is 6.61 Å². The van der Waals surface area contributed by atoms with Gasteiger partial charge in [0.15, 0.2) is 11.5 Å². The van der Waals surface area contributed by atoms with Crippen LogP contribution in [0.1, 0.15) is 23.8 Å². The summed E-state index contributed by atoms with van der Waals surface area (Å²) in [4.78, 5) is 49.0. The summed E-state index contributed by atoms with van der Waals surface area (Å²) in [6.07, 6.45) is 2.70. The van der Waals surface area contributed by atoms with Gasteiger partial charge in [0, 0.05) is 12.1 Å². The number of rotatable bonds is 9. The van der Waals surface area contributed by atoms with Crippen LogP contribution in [0, 0.1) is 10.1 Å². The summed E-state index contributed by atoms with van der Waals surface area (Å²) in [5, 5.41) is 13.3. The van der Waals surface area contributed by atoms with Crippen LogP contribution < -0.4 is 14.8 Å². The first-order chi connectivity index (χ1) is 17.8. The van der Waals surface area contributed by atoms with Crippen molar-refractivity contribution < 1.29 is 33.2 Å². The Balaban J connectivity index is 1.61. The monoisotopic (exact) mass is 525 g/mol. The van der Waals surface area contributed by atoms with E-state index in [1.54, 1.807) is 31.2 Å². The molecule has 1 aliphatic heterocycles. The Kier molecular flexibility index (Phi) is 7.54. The van der Waals surface area contributed by atoms with Gasteiger partial charge in [-0.3, -0.25) is 29.9 Å². The van der Waals surface area contributed by atoms with Gasteiger partial charge in [0.1, 0.15) is 17.9 Å². The van der Waals surface area contributed by atoms with Crippen molar-refractivity contribution in [2.24, 2.45) is 0 Å². The second-order valence-electron chi connectivity index (χ2n) is 7.77. The quantitative estimate of drug-likeness (QED) is 0.186. The topological polar surface area (TPSA) is 141 Å². The van der Waals surface area contributed by atoms with E-state index in [0.29, 0.717) is 16.9 Å². The summed E-state index contributed by atoms with van der Waals surface area (Å²) in [5.41, 5.74) is 0.538. The van der Waals surface area contributed by atoms with Crippen LogP contribution in [-0.4, -0.2) is 34.3 Å². The molecule has 2 aromatic carbocycles. The van der Waals surface area contributed by atoms with Crippen molar-refractivity contribution >= 4 is 41.2 Å². The Hall–Kier alpha value is -4.64. The first kappa shape index (κ1) is 25.5. The third kappa shape index (κ3) is 5.78. The number of nitrogens with one attached hydrogen (secondary N) is 1. The zero-order chi connectivity index (χ0) is 26.5. The van der Waals surface area contributed by atoms with Crippen molar-refractivity contribution in [3.8, 4) is 11.5 Å². The number of hydrogen-bond acceptors (Lipinski definition) is 8. The highest BCUT2D eigenvalue weighted by Gasteiger charge is 2.36. The van der Waals surface area contributed by atoms with Gasteiger partial charge < -0.3 is 13.9 Å². The first-order valence-corrected chi connectivity index (χ1v) is 11.4. The molecule has 0 saturated carbocycles. The molecule has 1 aromatic heterocycles. The Morgan fingerprint density at radius 2 is 1.95 bits per heavy atom. The number of benzene rings is 2. The van der Waals surface area contributed by atoms with E-state index in [-0.39, 0.29) is 47.5 Å². The van der Waals surface area contributed by atoms with Gasteiger partial charge in [-0.1, -0.05) is 23.7 Å². The summed E-state index contributed by atoms with van der Waals surface area (Å²) in [6.45, 7) is 1.83. The fraction of sp³-hybridized carbons (Fsp3) is 0.160. The number of halogens is 1. The average Bonchev–Trinajstić information content (AvgIpc) is 3.37. The fourth-order valence-electron chi connectivity index (χ4n) is 3.55. The number of nitro groups is 1. The molecule has 1 N–H and O–H groups in total. The zero-order valence-corrected chi connectivity index (χ0v) is 20.2. The molecule has 0 spiro atoms. The van der Waals surface area contributed by atoms with Gasteiger partial charge in [-0.05, 0) is 48.4 Å². The molecule has 0 aliphatic carbocycles. The van der Waals surface area contributed by atoms with Crippen LogP contribution in [0.25, 0.3) is 6.08 Å². The molecule has 1 fully saturated rings. The first-order valence-electron chi connectivity index (χ1n) is 11.0. The lowest BCUT2D eigenvalue weighted by molar-refractivity contribution is -0.384. The highest BCUT2D eigenvalue weighted by molar-refractivity contribution is 6.33. The maximum Gasteiger partial charge on any atom is 0.331 e. The number of amides is 4. The number of imide groups is 2. The van der Waals surface area contributed by atoms with Gasteiger partial charge in [-0.2, -0.15) is 0 Å². The van der Waals surface area contributed by atoms with E-state index in [2.05, 4.69) is 5.32 Å². The molecule has 0 atom stereocenters. The molecule has 12 heteroatoms. The molecule has 37 heavy (non-hydrogen) atoms. The molecule has 0 radical (unpaired) electrons. The van der Waals surface area contributed by atoms with Crippen LogP contribution in [0.2, 0.25) is 5.02 Å². The largest absolute Gasteiger partial charge is 0.490 e. The second kappa shape index (κ2) is 11.0. The third-order valence-corrected chi connectivity index (χ3v) is 5.51. The standard InChI is InChI=1S/C25H20ClN3O8/c1-2-35-21-12-16(11-20(26)22(21)37-14-15-5-3-6-17(9-15)29(33)34)10-19-23(30)27-25(32)28(24(19)31)13-18-7-4-8-36-18/h3-12H,2,13-14H2,1H3,(H,27,30,32)/b19-10+. The van der Waals surface area contributed by atoms with Gasteiger partial charge in [0.2, 0.25) is 0 Å². The maximum atomic E-state index is 13.0. The molecule has 1 saturated heterocycles.